The first-order chi connectivity index (χ1) is 6.76. The Labute approximate surface area is 82.6 Å². The molecule has 1 aliphatic heterocycles. The lowest BCUT2D eigenvalue weighted by Crippen LogP contribution is -2.41. The van der Waals surface area contributed by atoms with Crippen LogP contribution < -0.4 is 0 Å². The number of esters is 2. The molecule has 1 heterocycles. The van der Waals surface area contributed by atoms with E-state index in [2.05, 4.69) is 0 Å². The highest BCUT2D eigenvalue weighted by molar-refractivity contribution is 6.00. The van der Waals surface area contributed by atoms with E-state index >= 15 is 0 Å². The molecule has 0 bridgehead atoms. The molecule has 1 aliphatic carbocycles. The first kappa shape index (κ1) is 9.49. The fraction of sp³-hybridized carbons (Fsp3) is 0.800. The molecule has 0 aromatic rings. The van der Waals surface area contributed by atoms with E-state index in [1.807, 2.05) is 0 Å². The lowest BCUT2D eigenvalue weighted by molar-refractivity contribution is -0.167. The summed E-state index contributed by atoms with van der Waals surface area (Å²) in [5, 5.41) is 0. The summed E-state index contributed by atoms with van der Waals surface area (Å²) in [5.74, 6) is -0.751. The predicted molar refractivity (Wildman–Crippen MR) is 47.4 cm³/mol. The number of hydrogen-bond donors (Lipinski definition) is 0. The van der Waals surface area contributed by atoms with Crippen molar-refractivity contribution in [1.82, 2.24) is 0 Å². The summed E-state index contributed by atoms with van der Waals surface area (Å²) in [5.41, 5.74) is -0.964. The first-order valence-electron chi connectivity index (χ1n) is 5.10. The number of rotatable bonds is 0. The van der Waals surface area contributed by atoms with Gasteiger partial charge in [-0.3, -0.25) is 9.59 Å². The van der Waals surface area contributed by atoms with Gasteiger partial charge >= 0.3 is 11.9 Å². The van der Waals surface area contributed by atoms with E-state index in [0.29, 0.717) is 12.8 Å². The van der Waals surface area contributed by atoms with Crippen LogP contribution in [-0.2, 0) is 19.1 Å². The second-order valence-electron chi connectivity index (χ2n) is 3.91. The van der Waals surface area contributed by atoms with E-state index in [1.165, 1.54) is 0 Å². The molecule has 2 fully saturated rings. The zero-order valence-electron chi connectivity index (χ0n) is 8.08. The molecule has 0 aromatic carbocycles. The number of carbonyl (C=O) groups is 2. The second-order valence-corrected chi connectivity index (χ2v) is 3.91. The molecule has 14 heavy (non-hydrogen) atoms. The largest absolute Gasteiger partial charge is 0.461 e. The minimum atomic E-state index is -0.964. The summed E-state index contributed by atoms with van der Waals surface area (Å²) in [4.78, 5) is 23.4. The quantitative estimate of drug-likeness (QED) is 0.431. The van der Waals surface area contributed by atoms with E-state index in [4.69, 9.17) is 9.47 Å². The van der Waals surface area contributed by atoms with Crippen molar-refractivity contribution in [3.8, 4) is 0 Å². The summed E-state index contributed by atoms with van der Waals surface area (Å²) < 4.78 is 9.96. The van der Waals surface area contributed by atoms with Gasteiger partial charge in [0.1, 0.15) is 13.2 Å². The fourth-order valence-corrected chi connectivity index (χ4v) is 2.19. The van der Waals surface area contributed by atoms with Gasteiger partial charge < -0.3 is 9.47 Å². The Hall–Kier alpha value is -1.06. The normalized spacial score (nSPS) is 26.6. The van der Waals surface area contributed by atoms with Gasteiger partial charge in [-0.1, -0.05) is 19.3 Å². The van der Waals surface area contributed by atoms with Gasteiger partial charge in [0.2, 0.25) is 0 Å². The van der Waals surface area contributed by atoms with Crippen molar-refractivity contribution in [3.05, 3.63) is 0 Å². The Morgan fingerprint density at radius 2 is 1.36 bits per heavy atom. The average molecular weight is 198 g/mol. The molecule has 0 N–H and O–H groups in total. The molecule has 78 valence electrons. The average Bonchev–Trinajstić information content (AvgIpc) is 2.35. The van der Waals surface area contributed by atoms with Crippen LogP contribution in [0.5, 0.6) is 0 Å². The number of ether oxygens (including phenoxy) is 2. The van der Waals surface area contributed by atoms with E-state index in [9.17, 15) is 9.59 Å². The van der Waals surface area contributed by atoms with Crippen molar-refractivity contribution >= 4 is 11.9 Å². The fourth-order valence-electron chi connectivity index (χ4n) is 2.19. The summed E-state index contributed by atoms with van der Waals surface area (Å²) >= 11 is 0. The van der Waals surface area contributed by atoms with E-state index in [0.717, 1.165) is 19.3 Å². The van der Waals surface area contributed by atoms with Crippen LogP contribution in [0.3, 0.4) is 0 Å². The van der Waals surface area contributed by atoms with Gasteiger partial charge in [-0.25, -0.2) is 0 Å². The topological polar surface area (TPSA) is 52.6 Å². The molecule has 1 saturated carbocycles. The third kappa shape index (κ3) is 1.38. The van der Waals surface area contributed by atoms with Crippen LogP contribution in [0.2, 0.25) is 0 Å². The van der Waals surface area contributed by atoms with Crippen LogP contribution in [0.25, 0.3) is 0 Å². The third-order valence-electron chi connectivity index (χ3n) is 3.04. The minimum absolute atomic E-state index is 0.201. The Balaban J connectivity index is 2.25. The Morgan fingerprint density at radius 3 is 1.86 bits per heavy atom. The summed E-state index contributed by atoms with van der Waals surface area (Å²) in [6.07, 6.45) is 4.08. The van der Waals surface area contributed by atoms with Gasteiger partial charge in [0.15, 0.2) is 5.41 Å². The Kier molecular flexibility index (Phi) is 2.44. The van der Waals surface area contributed by atoms with Crippen LogP contribution in [0.4, 0.5) is 0 Å². The lowest BCUT2D eigenvalue weighted by atomic mass is 9.74. The number of cyclic esters (lactones) is 2. The first-order valence-corrected chi connectivity index (χ1v) is 5.10. The van der Waals surface area contributed by atoms with Crippen LogP contribution in [-0.4, -0.2) is 25.2 Å². The van der Waals surface area contributed by atoms with Crippen LogP contribution in [0, 0.1) is 5.41 Å². The van der Waals surface area contributed by atoms with Gasteiger partial charge in [-0.15, -0.1) is 0 Å². The van der Waals surface area contributed by atoms with Crippen molar-refractivity contribution in [2.75, 3.05) is 13.2 Å². The molecule has 2 aliphatic rings. The minimum Gasteiger partial charge on any atom is -0.461 e. The Bertz CT molecular complexity index is 233. The van der Waals surface area contributed by atoms with Gasteiger partial charge in [0, 0.05) is 0 Å². The highest BCUT2D eigenvalue weighted by atomic mass is 16.6. The molecule has 0 unspecified atom stereocenters. The lowest BCUT2D eigenvalue weighted by Gasteiger charge is -2.30. The summed E-state index contributed by atoms with van der Waals surface area (Å²) in [6, 6.07) is 0. The van der Waals surface area contributed by atoms with Crippen molar-refractivity contribution in [1.29, 1.82) is 0 Å². The van der Waals surface area contributed by atoms with Gasteiger partial charge in [0.05, 0.1) is 0 Å². The molecule has 0 amide bonds. The SMILES string of the molecule is O=C1OCCOC(=O)C12CCCCC2. The van der Waals surface area contributed by atoms with E-state index < -0.39 is 5.41 Å². The molecule has 1 saturated heterocycles. The molecule has 0 aromatic heterocycles. The van der Waals surface area contributed by atoms with Crippen molar-refractivity contribution in [2.45, 2.75) is 32.1 Å². The zero-order valence-corrected chi connectivity index (χ0v) is 8.08. The van der Waals surface area contributed by atoms with Gasteiger partial charge in [0.25, 0.3) is 0 Å². The highest BCUT2D eigenvalue weighted by Crippen LogP contribution is 2.39. The standard InChI is InChI=1S/C10H14O4/c11-8-10(4-2-1-3-5-10)9(12)14-7-6-13-8/h1-7H2. The molecule has 0 atom stereocenters. The molecular formula is C10H14O4. The van der Waals surface area contributed by atoms with Gasteiger partial charge in [-0.2, -0.15) is 0 Å². The van der Waals surface area contributed by atoms with Crippen LogP contribution in [0.15, 0.2) is 0 Å². The maximum absolute atomic E-state index is 11.7. The van der Waals surface area contributed by atoms with Crippen molar-refractivity contribution < 1.29 is 19.1 Å². The zero-order chi connectivity index (χ0) is 10.0. The summed E-state index contributed by atoms with van der Waals surface area (Å²) in [6.45, 7) is 0.401. The van der Waals surface area contributed by atoms with Gasteiger partial charge in [-0.05, 0) is 12.8 Å². The molecule has 4 heteroatoms. The molecule has 0 radical (unpaired) electrons. The second kappa shape index (κ2) is 3.59. The highest BCUT2D eigenvalue weighted by Gasteiger charge is 2.50. The maximum atomic E-state index is 11.7. The Morgan fingerprint density at radius 1 is 0.857 bits per heavy atom. The maximum Gasteiger partial charge on any atom is 0.323 e. The molecule has 4 nitrogen and oxygen atoms in total. The molecule has 1 spiro atoms. The smallest absolute Gasteiger partial charge is 0.323 e. The van der Waals surface area contributed by atoms with Crippen molar-refractivity contribution in [3.63, 3.8) is 0 Å². The number of carbonyl (C=O) groups excluding carboxylic acids is 2. The third-order valence-corrected chi connectivity index (χ3v) is 3.04. The van der Waals surface area contributed by atoms with E-state index in [1.54, 1.807) is 0 Å². The summed E-state index contributed by atoms with van der Waals surface area (Å²) in [7, 11) is 0. The monoisotopic (exact) mass is 198 g/mol. The van der Waals surface area contributed by atoms with E-state index in [-0.39, 0.29) is 25.2 Å². The van der Waals surface area contributed by atoms with Crippen LogP contribution >= 0.6 is 0 Å². The van der Waals surface area contributed by atoms with Crippen LogP contribution in [0.1, 0.15) is 32.1 Å². The molecule has 2 rings (SSSR count). The predicted octanol–water partition coefficient (Wildman–Crippen LogP) is 1.04. The number of hydrogen-bond acceptors (Lipinski definition) is 4. The van der Waals surface area contributed by atoms with Crippen molar-refractivity contribution in [2.24, 2.45) is 5.41 Å². The molecular weight excluding hydrogens is 184 g/mol.